The van der Waals surface area contributed by atoms with Crippen molar-refractivity contribution in [3.05, 3.63) is 25.3 Å². The van der Waals surface area contributed by atoms with Crippen LogP contribution in [0.25, 0.3) is 0 Å². The molecule has 0 amide bonds. The van der Waals surface area contributed by atoms with Crippen LogP contribution in [0.4, 0.5) is 0 Å². The zero-order chi connectivity index (χ0) is 12.2. The normalized spacial score (nSPS) is 13.4. The molecule has 2 N–H and O–H groups in total. The maximum Gasteiger partial charge on any atom is 0.107 e. The maximum atomic E-state index is 9.03. The van der Waals surface area contributed by atoms with Gasteiger partial charge in [0.2, 0.25) is 0 Å². The van der Waals surface area contributed by atoms with Crippen molar-refractivity contribution in [1.82, 2.24) is 0 Å². The molecule has 4 heteroatoms. The summed E-state index contributed by atoms with van der Waals surface area (Å²) in [5.74, 6) is 5.41. The fourth-order valence-corrected chi connectivity index (χ4v) is 0.700. The van der Waals surface area contributed by atoms with Crippen LogP contribution >= 0.6 is 0 Å². The first-order valence-electron chi connectivity index (χ1n) is 4.93. The Bertz CT molecular complexity index is 227. The average molecular weight is 226 g/mol. The Morgan fingerprint density at radius 2 is 1.31 bits per heavy atom. The lowest BCUT2D eigenvalue weighted by molar-refractivity contribution is 0.0747. The van der Waals surface area contributed by atoms with Crippen molar-refractivity contribution in [2.24, 2.45) is 0 Å². The van der Waals surface area contributed by atoms with E-state index < -0.39 is 12.2 Å². The van der Waals surface area contributed by atoms with Crippen LogP contribution in [0.1, 0.15) is 0 Å². The van der Waals surface area contributed by atoms with Crippen molar-refractivity contribution in [1.29, 1.82) is 0 Å². The minimum absolute atomic E-state index is 0.189. The predicted molar refractivity (Wildman–Crippen MR) is 61.8 cm³/mol. The van der Waals surface area contributed by atoms with Gasteiger partial charge in [-0.2, -0.15) is 0 Å². The van der Waals surface area contributed by atoms with E-state index in [1.807, 2.05) is 0 Å². The minimum Gasteiger partial charge on any atom is -0.387 e. The predicted octanol–water partition coefficient (Wildman–Crippen LogP) is 0.117. The van der Waals surface area contributed by atoms with E-state index in [2.05, 4.69) is 25.0 Å². The molecule has 0 spiro atoms. The van der Waals surface area contributed by atoms with Gasteiger partial charge in [0.15, 0.2) is 0 Å². The number of ether oxygens (including phenoxy) is 2. The van der Waals surface area contributed by atoms with Crippen LogP contribution in [-0.4, -0.2) is 48.8 Å². The van der Waals surface area contributed by atoms with Gasteiger partial charge in [-0.05, 0) is 0 Å². The molecule has 0 fully saturated rings. The summed E-state index contributed by atoms with van der Waals surface area (Å²) in [6, 6.07) is 0. The highest BCUT2D eigenvalue weighted by Crippen LogP contribution is 1.86. The molecule has 2 atom stereocenters. The second-order valence-electron chi connectivity index (χ2n) is 2.99. The first-order chi connectivity index (χ1) is 7.70. The molecule has 0 saturated heterocycles. The Kier molecular flexibility index (Phi) is 9.67. The van der Waals surface area contributed by atoms with Crippen molar-refractivity contribution in [3.8, 4) is 11.8 Å². The van der Waals surface area contributed by atoms with Gasteiger partial charge in [-0.25, -0.2) is 0 Å². The number of hydrogen-bond donors (Lipinski definition) is 2. The Morgan fingerprint density at radius 1 is 0.938 bits per heavy atom. The quantitative estimate of drug-likeness (QED) is 0.350. The lowest BCUT2D eigenvalue weighted by Crippen LogP contribution is -2.12. The van der Waals surface area contributed by atoms with E-state index in [9.17, 15) is 0 Å². The van der Waals surface area contributed by atoms with Gasteiger partial charge < -0.3 is 19.7 Å². The molecule has 0 aromatic rings. The Hall–Kier alpha value is -1.12. The van der Waals surface area contributed by atoms with Gasteiger partial charge >= 0.3 is 0 Å². The monoisotopic (exact) mass is 226 g/mol. The minimum atomic E-state index is -0.652. The summed E-state index contributed by atoms with van der Waals surface area (Å²) < 4.78 is 10.0. The molecular formula is C12H18O4. The SMILES string of the molecule is C=CC(O)COCC#CCOCC(O)C=C. The van der Waals surface area contributed by atoms with Crippen LogP contribution in [0, 0.1) is 11.8 Å². The number of aliphatic hydroxyl groups is 2. The molecule has 0 heterocycles. The first-order valence-corrected chi connectivity index (χ1v) is 4.93. The van der Waals surface area contributed by atoms with Crippen LogP contribution in [0.2, 0.25) is 0 Å². The number of rotatable bonds is 8. The summed E-state index contributed by atoms with van der Waals surface area (Å²) in [6.45, 7) is 7.66. The second kappa shape index (κ2) is 10.4. The Morgan fingerprint density at radius 3 is 1.62 bits per heavy atom. The van der Waals surface area contributed by atoms with Crippen LogP contribution < -0.4 is 0 Å². The highest BCUT2D eigenvalue weighted by molar-refractivity contribution is 4.99. The van der Waals surface area contributed by atoms with Gasteiger partial charge in [-0.1, -0.05) is 24.0 Å². The van der Waals surface area contributed by atoms with Gasteiger partial charge in [-0.15, -0.1) is 13.2 Å². The van der Waals surface area contributed by atoms with E-state index in [1.165, 1.54) is 12.2 Å². The molecule has 0 saturated carbocycles. The van der Waals surface area contributed by atoms with E-state index >= 15 is 0 Å². The topological polar surface area (TPSA) is 58.9 Å². The summed E-state index contributed by atoms with van der Waals surface area (Å²) in [6.07, 6.45) is 1.49. The number of aliphatic hydroxyl groups excluding tert-OH is 2. The molecule has 2 unspecified atom stereocenters. The maximum absolute atomic E-state index is 9.03. The lowest BCUT2D eigenvalue weighted by Gasteiger charge is -2.03. The zero-order valence-corrected chi connectivity index (χ0v) is 9.26. The Labute approximate surface area is 96.2 Å². The lowest BCUT2D eigenvalue weighted by atomic mass is 10.4. The largest absolute Gasteiger partial charge is 0.387 e. The molecule has 0 bridgehead atoms. The standard InChI is InChI=1S/C12H18O4/c1-3-11(13)9-15-7-5-6-8-16-10-12(14)4-2/h3-4,11-14H,1-2,7-10H2. The molecule has 0 aliphatic carbocycles. The first kappa shape index (κ1) is 14.9. The van der Waals surface area contributed by atoms with E-state index in [1.54, 1.807) is 0 Å². The average Bonchev–Trinajstić information content (AvgIpc) is 2.31. The van der Waals surface area contributed by atoms with Gasteiger partial charge in [0.1, 0.15) is 13.2 Å². The van der Waals surface area contributed by atoms with Crippen molar-refractivity contribution in [3.63, 3.8) is 0 Å². The van der Waals surface area contributed by atoms with Crippen LogP contribution in [0.3, 0.4) is 0 Å². The van der Waals surface area contributed by atoms with Crippen molar-refractivity contribution < 1.29 is 19.7 Å². The summed E-state index contributed by atoms with van der Waals surface area (Å²) in [7, 11) is 0. The van der Waals surface area contributed by atoms with E-state index in [0.717, 1.165) is 0 Å². The smallest absolute Gasteiger partial charge is 0.107 e. The molecule has 90 valence electrons. The summed E-state index contributed by atoms with van der Waals surface area (Å²) in [5.41, 5.74) is 0. The molecule has 0 aliphatic rings. The third-order valence-corrected chi connectivity index (χ3v) is 1.59. The van der Waals surface area contributed by atoms with Crippen LogP contribution in [-0.2, 0) is 9.47 Å². The van der Waals surface area contributed by atoms with E-state index in [0.29, 0.717) is 0 Å². The van der Waals surface area contributed by atoms with E-state index in [-0.39, 0.29) is 26.4 Å². The van der Waals surface area contributed by atoms with Gasteiger partial charge in [0.25, 0.3) is 0 Å². The summed E-state index contributed by atoms with van der Waals surface area (Å²) >= 11 is 0. The molecule has 0 radical (unpaired) electrons. The molecule has 4 nitrogen and oxygen atoms in total. The summed E-state index contributed by atoms with van der Waals surface area (Å²) in [5, 5.41) is 18.1. The Balaban J connectivity index is 3.35. The third kappa shape index (κ3) is 9.44. The molecule has 0 aromatic heterocycles. The zero-order valence-electron chi connectivity index (χ0n) is 9.26. The van der Waals surface area contributed by atoms with Crippen molar-refractivity contribution in [2.75, 3.05) is 26.4 Å². The fourth-order valence-electron chi connectivity index (χ4n) is 0.700. The van der Waals surface area contributed by atoms with Gasteiger partial charge in [-0.3, -0.25) is 0 Å². The molecule has 16 heavy (non-hydrogen) atoms. The van der Waals surface area contributed by atoms with Gasteiger partial charge in [0.05, 0.1) is 25.4 Å². The highest BCUT2D eigenvalue weighted by atomic mass is 16.5. The fraction of sp³-hybridized carbons (Fsp3) is 0.500. The van der Waals surface area contributed by atoms with Crippen molar-refractivity contribution >= 4 is 0 Å². The molecule has 0 rings (SSSR count). The van der Waals surface area contributed by atoms with Crippen LogP contribution in [0.5, 0.6) is 0 Å². The van der Waals surface area contributed by atoms with Crippen LogP contribution in [0.15, 0.2) is 25.3 Å². The molecule has 0 aliphatic heterocycles. The van der Waals surface area contributed by atoms with E-state index in [4.69, 9.17) is 19.7 Å². The molecule has 0 aromatic carbocycles. The van der Waals surface area contributed by atoms with Gasteiger partial charge in [0, 0.05) is 0 Å². The third-order valence-electron chi connectivity index (χ3n) is 1.59. The number of hydrogen-bond acceptors (Lipinski definition) is 4. The molecular weight excluding hydrogens is 208 g/mol. The van der Waals surface area contributed by atoms with Crippen molar-refractivity contribution in [2.45, 2.75) is 12.2 Å². The highest BCUT2D eigenvalue weighted by Gasteiger charge is 1.96. The second-order valence-corrected chi connectivity index (χ2v) is 2.99. The summed E-state index contributed by atoms with van der Waals surface area (Å²) in [4.78, 5) is 0.